The van der Waals surface area contributed by atoms with Gasteiger partial charge in [0.25, 0.3) is 0 Å². The van der Waals surface area contributed by atoms with Gasteiger partial charge < -0.3 is 11.1 Å². The Bertz CT molecular complexity index is 436. The number of nitrogens with two attached hydrogens (primary N) is 1. The van der Waals surface area contributed by atoms with Crippen LogP contribution in [0.3, 0.4) is 0 Å². The van der Waals surface area contributed by atoms with E-state index >= 15 is 0 Å². The molecule has 3 heteroatoms. The fourth-order valence-electron chi connectivity index (χ4n) is 2.85. The lowest BCUT2D eigenvalue weighted by Crippen LogP contribution is -2.37. The summed E-state index contributed by atoms with van der Waals surface area (Å²) in [5.74, 6) is 0.0948. The van der Waals surface area contributed by atoms with E-state index in [4.69, 9.17) is 5.73 Å². The van der Waals surface area contributed by atoms with Crippen LogP contribution >= 0.6 is 0 Å². The number of rotatable bonds is 4. The Morgan fingerprint density at radius 1 is 1.32 bits per heavy atom. The molecule has 0 radical (unpaired) electrons. The summed E-state index contributed by atoms with van der Waals surface area (Å²) in [5.41, 5.74) is 7.70. The van der Waals surface area contributed by atoms with Crippen LogP contribution in [0.15, 0.2) is 24.3 Å². The Labute approximate surface area is 115 Å². The summed E-state index contributed by atoms with van der Waals surface area (Å²) in [4.78, 5) is 12.0. The number of nitrogen functional groups attached to an aromatic ring is 1. The van der Waals surface area contributed by atoms with E-state index in [1.807, 2.05) is 24.3 Å². The van der Waals surface area contributed by atoms with Crippen molar-refractivity contribution in [1.29, 1.82) is 0 Å². The molecule has 0 atom stereocenters. The molecule has 3 nitrogen and oxygen atoms in total. The summed E-state index contributed by atoms with van der Waals surface area (Å²) in [5, 5.41) is 3.08. The molecule has 0 aliphatic heterocycles. The van der Waals surface area contributed by atoms with E-state index in [-0.39, 0.29) is 5.91 Å². The number of hydrogen-bond donors (Lipinski definition) is 2. The van der Waals surface area contributed by atoms with Crippen molar-refractivity contribution in [1.82, 2.24) is 5.32 Å². The average molecular weight is 260 g/mol. The maximum Gasteiger partial charge on any atom is 0.224 e. The van der Waals surface area contributed by atoms with Gasteiger partial charge >= 0.3 is 0 Å². The highest BCUT2D eigenvalue weighted by Gasteiger charge is 2.26. The molecule has 2 rings (SSSR count). The maximum atomic E-state index is 12.0. The van der Waals surface area contributed by atoms with Gasteiger partial charge in [-0.25, -0.2) is 0 Å². The van der Waals surface area contributed by atoms with Crippen LogP contribution in [0, 0.1) is 5.41 Å². The third-order valence-corrected chi connectivity index (χ3v) is 4.09. The molecule has 3 N–H and O–H groups in total. The lowest BCUT2D eigenvalue weighted by Gasteiger charge is -2.33. The zero-order valence-electron chi connectivity index (χ0n) is 11.7. The molecule has 0 saturated heterocycles. The molecule has 0 unspecified atom stereocenters. The molecule has 0 aromatic heterocycles. The van der Waals surface area contributed by atoms with E-state index in [1.54, 1.807) is 0 Å². The molecule has 1 saturated carbocycles. The van der Waals surface area contributed by atoms with E-state index in [1.165, 1.54) is 32.1 Å². The van der Waals surface area contributed by atoms with Gasteiger partial charge in [0.15, 0.2) is 0 Å². The largest absolute Gasteiger partial charge is 0.399 e. The summed E-state index contributed by atoms with van der Waals surface area (Å²) < 4.78 is 0. The molecular weight excluding hydrogens is 236 g/mol. The predicted molar refractivity (Wildman–Crippen MR) is 78.8 cm³/mol. The Kier molecular flexibility index (Phi) is 4.46. The normalized spacial score (nSPS) is 17.9. The van der Waals surface area contributed by atoms with E-state index < -0.39 is 0 Å². The van der Waals surface area contributed by atoms with E-state index in [0.717, 1.165) is 12.1 Å². The molecule has 1 fully saturated rings. The van der Waals surface area contributed by atoms with Crippen molar-refractivity contribution in [3.05, 3.63) is 29.8 Å². The van der Waals surface area contributed by atoms with Crippen LogP contribution in [0.5, 0.6) is 0 Å². The van der Waals surface area contributed by atoms with Crippen molar-refractivity contribution in [2.45, 2.75) is 45.4 Å². The molecule has 104 valence electrons. The number of hydrogen-bond acceptors (Lipinski definition) is 2. The molecule has 0 spiro atoms. The van der Waals surface area contributed by atoms with E-state index in [2.05, 4.69) is 12.2 Å². The van der Waals surface area contributed by atoms with Crippen molar-refractivity contribution in [3.63, 3.8) is 0 Å². The highest BCUT2D eigenvalue weighted by molar-refractivity contribution is 5.78. The number of anilines is 1. The molecule has 1 amide bonds. The van der Waals surface area contributed by atoms with Crippen molar-refractivity contribution >= 4 is 11.6 Å². The minimum atomic E-state index is 0.0948. The number of carbonyl (C=O) groups excluding carboxylic acids is 1. The van der Waals surface area contributed by atoms with Crippen LogP contribution in [-0.2, 0) is 11.2 Å². The quantitative estimate of drug-likeness (QED) is 0.818. The molecule has 1 aliphatic carbocycles. The number of carbonyl (C=O) groups is 1. The van der Waals surface area contributed by atoms with Gasteiger partial charge in [0.2, 0.25) is 5.91 Å². The fraction of sp³-hybridized carbons (Fsp3) is 0.562. The first-order valence-corrected chi connectivity index (χ1v) is 7.19. The van der Waals surface area contributed by atoms with E-state index in [0.29, 0.717) is 17.5 Å². The third-order valence-electron chi connectivity index (χ3n) is 4.09. The summed E-state index contributed by atoms with van der Waals surface area (Å²) in [6.07, 6.45) is 6.80. The lowest BCUT2D eigenvalue weighted by molar-refractivity contribution is -0.121. The number of benzene rings is 1. The molecule has 1 aromatic carbocycles. The van der Waals surface area contributed by atoms with Gasteiger partial charge in [0.05, 0.1) is 6.42 Å². The Hall–Kier alpha value is -1.51. The van der Waals surface area contributed by atoms with Gasteiger partial charge in [-0.1, -0.05) is 38.3 Å². The first-order valence-electron chi connectivity index (χ1n) is 7.19. The second kappa shape index (κ2) is 6.09. The lowest BCUT2D eigenvalue weighted by atomic mass is 9.76. The van der Waals surface area contributed by atoms with Crippen molar-refractivity contribution in [2.24, 2.45) is 5.41 Å². The molecule has 1 aromatic rings. The highest BCUT2D eigenvalue weighted by atomic mass is 16.1. The van der Waals surface area contributed by atoms with Crippen LogP contribution in [0.1, 0.15) is 44.6 Å². The van der Waals surface area contributed by atoms with Gasteiger partial charge in [0, 0.05) is 12.2 Å². The first-order chi connectivity index (χ1) is 9.07. The number of nitrogens with one attached hydrogen (secondary N) is 1. The van der Waals surface area contributed by atoms with Crippen LogP contribution in [-0.4, -0.2) is 12.5 Å². The standard InChI is InChI=1S/C16H24N2O/c1-16(8-3-2-4-9-16)12-18-15(19)11-13-6-5-7-14(17)10-13/h5-7,10H,2-4,8-9,11-12,17H2,1H3,(H,18,19). The molecule has 19 heavy (non-hydrogen) atoms. The maximum absolute atomic E-state index is 12.0. The summed E-state index contributed by atoms with van der Waals surface area (Å²) in [7, 11) is 0. The molecular formula is C16H24N2O. The van der Waals surface area contributed by atoms with Crippen LogP contribution < -0.4 is 11.1 Å². The Morgan fingerprint density at radius 3 is 2.74 bits per heavy atom. The van der Waals surface area contributed by atoms with Gasteiger partial charge in [-0.15, -0.1) is 0 Å². The molecule has 0 bridgehead atoms. The Morgan fingerprint density at radius 2 is 2.05 bits per heavy atom. The first kappa shape index (κ1) is 13.9. The smallest absolute Gasteiger partial charge is 0.224 e. The second-order valence-corrected chi connectivity index (χ2v) is 6.07. The third kappa shape index (κ3) is 4.27. The van der Waals surface area contributed by atoms with Crippen molar-refractivity contribution in [3.8, 4) is 0 Å². The van der Waals surface area contributed by atoms with Crippen LogP contribution in [0.4, 0.5) is 5.69 Å². The second-order valence-electron chi connectivity index (χ2n) is 6.07. The monoisotopic (exact) mass is 260 g/mol. The summed E-state index contributed by atoms with van der Waals surface area (Å²) in [6.45, 7) is 3.08. The van der Waals surface area contributed by atoms with Crippen molar-refractivity contribution < 1.29 is 4.79 Å². The van der Waals surface area contributed by atoms with Gasteiger partial charge in [-0.05, 0) is 36.0 Å². The van der Waals surface area contributed by atoms with Gasteiger partial charge in [-0.2, -0.15) is 0 Å². The highest BCUT2D eigenvalue weighted by Crippen LogP contribution is 2.34. The van der Waals surface area contributed by atoms with Gasteiger partial charge in [0.1, 0.15) is 0 Å². The van der Waals surface area contributed by atoms with Crippen molar-refractivity contribution in [2.75, 3.05) is 12.3 Å². The summed E-state index contributed by atoms with van der Waals surface area (Å²) in [6, 6.07) is 7.53. The minimum Gasteiger partial charge on any atom is -0.399 e. The van der Waals surface area contributed by atoms with Crippen LogP contribution in [0.25, 0.3) is 0 Å². The minimum absolute atomic E-state index is 0.0948. The summed E-state index contributed by atoms with van der Waals surface area (Å²) >= 11 is 0. The zero-order valence-corrected chi connectivity index (χ0v) is 11.7. The average Bonchev–Trinajstić information content (AvgIpc) is 2.38. The fourth-order valence-corrected chi connectivity index (χ4v) is 2.85. The molecule has 1 aliphatic rings. The SMILES string of the molecule is CC1(CNC(=O)Cc2cccc(N)c2)CCCCC1. The van der Waals surface area contributed by atoms with Crippen LogP contribution in [0.2, 0.25) is 0 Å². The Balaban J connectivity index is 1.81. The van der Waals surface area contributed by atoms with E-state index in [9.17, 15) is 4.79 Å². The zero-order chi connectivity index (χ0) is 13.7. The van der Waals surface area contributed by atoms with Gasteiger partial charge in [-0.3, -0.25) is 4.79 Å². The predicted octanol–water partition coefficient (Wildman–Crippen LogP) is 2.90. The number of amides is 1. The molecule has 0 heterocycles. The topological polar surface area (TPSA) is 55.1 Å².